The number of benzene rings is 2. The molecule has 32 heavy (non-hydrogen) atoms. The lowest BCUT2D eigenvalue weighted by atomic mass is 10.2. The van der Waals surface area contributed by atoms with Crippen molar-refractivity contribution in [2.45, 2.75) is 11.4 Å². The summed E-state index contributed by atoms with van der Waals surface area (Å²) in [6.45, 7) is 6.44. The SMILES string of the molecule is I.O=[N+]([O-])c1ccc(CN=C(NCCSc2ccccc2)NCCN2CCOCC2)cc1. The van der Waals surface area contributed by atoms with E-state index >= 15 is 0 Å². The molecule has 8 nitrogen and oxygen atoms in total. The predicted molar refractivity (Wildman–Crippen MR) is 140 cm³/mol. The molecule has 0 atom stereocenters. The largest absolute Gasteiger partial charge is 0.379 e. The second-order valence-electron chi connectivity index (χ2n) is 7.06. The van der Waals surface area contributed by atoms with Gasteiger partial charge in [0.25, 0.3) is 5.69 Å². The molecule has 1 aliphatic heterocycles. The summed E-state index contributed by atoms with van der Waals surface area (Å²) in [6.07, 6.45) is 0. The first-order valence-corrected chi connectivity index (χ1v) is 11.4. The lowest BCUT2D eigenvalue weighted by molar-refractivity contribution is -0.384. The number of morpholine rings is 1. The number of nitrogens with one attached hydrogen (secondary N) is 2. The number of thioether (sulfide) groups is 1. The summed E-state index contributed by atoms with van der Waals surface area (Å²) in [5.74, 6) is 1.67. The van der Waals surface area contributed by atoms with Gasteiger partial charge in [0.2, 0.25) is 0 Å². The first kappa shape index (κ1) is 26.4. The van der Waals surface area contributed by atoms with E-state index in [2.05, 4.69) is 32.7 Å². The Labute approximate surface area is 210 Å². The number of ether oxygens (including phenoxy) is 1. The van der Waals surface area contributed by atoms with Gasteiger partial charge in [-0.05, 0) is 17.7 Å². The number of nitro groups is 1. The lowest BCUT2D eigenvalue weighted by Gasteiger charge is -2.26. The van der Waals surface area contributed by atoms with Crippen molar-refractivity contribution in [2.75, 3.05) is 51.7 Å². The van der Waals surface area contributed by atoms with Gasteiger partial charge in [-0.25, -0.2) is 4.99 Å². The van der Waals surface area contributed by atoms with Gasteiger partial charge in [0.15, 0.2) is 5.96 Å². The Morgan fingerprint density at radius 3 is 2.44 bits per heavy atom. The zero-order valence-electron chi connectivity index (χ0n) is 17.9. The minimum absolute atomic E-state index is 0. The Hall–Kier alpha value is -1.89. The Balaban J connectivity index is 0.00000363. The van der Waals surface area contributed by atoms with E-state index in [0.29, 0.717) is 6.54 Å². The molecule has 2 aromatic carbocycles. The van der Waals surface area contributed by atoms with Crippen LogP contribution in [0.4, 0.5) is 5.69 Å². The van der Waals surface area contributed by atoms with Gasteiger partial charge in [0.05, 0.1) is 24.7 Å². The first-order valence-electron chi connectivity index (χ1n) is 10.4. The van der Waals surface area contributed by atoms with Crippen LogP contribution in [0.15, 0.2) is 64.5 Å². The van der Waals surface area contributed by atoms with E-state index in [0.717, 1.165) is 63.2 Å². The molecule has 0 saturated carbocycles. The van der Waals surface area contributed by atoms with E-state index in [1.165, 1.54) is 17.0 Å². The molecule has 0 spiro atoms. The van der Waals surface area contributed by atoms with Crippen LogP contribution in [0.3, 0.4) is 0 Å². The summed E-state index contributed by atoms with van der Waals surface area (Å²) in [5, 5.41) is 17.6. The Morgan fingerprint density at radius 2 is 1.75 bits per heavy atom. The van der Waals surface area contributed by atoms with Crippen molar-refractivity contribution in [3.63, 3.8) is 0 Å². The number of halogens is 1. The maximum Gasteiger partial charge on any atom is 0.269 e. The Bertz CT molecular complexity index is 833. The zero-order valence-corrected chi connectivity index (χ0v) is 21.1. The van der Waals surface area contributed by atoms with Crippen LogP contribution >= 0.6 is 35.7 Å². The monoisotopic (exact) mass is 571 g/mol. The van der Waals surface area contributed by atoms with E-state index in [-0.39, 0.29) is 29.7 Å². The molecule has 0 amide bonds. The molecular formula is C22H30IN5O3S. The zero-order chi connectivity index (χ0) is 21.7. The van der Waals surface area contributed by atoms with E-state index in [9.17, 15) is 10.1 Å². The molecule has 3 rings (SSSR count). The standard InChI is InChI=1S/C22H29N5O3S.HI/c28-27(29)20-8-6-19(7-9-20)18-25-22(23-10-12-26-13-15-30-16-14-26)24-11-17-31-21-4-2-1-3-5-21;/h1-9H,10-18H2,(H2,23,24,25);1H. The summed E-state index contributed by atoms with van der Waals surface area (Å²) in [6, 6.07) is 16.8. The van der Waals surface area contributed by atoms with Crippen molar-refractivity contribution in [1.82, 2.24) is 15.5 Å². The third kappa shape index (κ3) is 9.72. The summed E-state index contributed by atoms with van der Waals surface area (Å²) < 4.78 is 5.40. The normalized spacial score (nSPS) is 14.4. The molecule has 0 aliphatic carbocycles. The number of guanidine groups is 1. The highest BCUT2D eigenvalue weighted by molar-refractivity contribution is 14.0. The summed E-state index contributed by atoms with van der Waals surface area (Å²) in [4.78, 5) is 18.7. The highest BCUT2D eigenvalue weighted by atomic mass is 127. The lowest BCUT2D eigenvalue weighted by Crippen LogP contribution is -2.44. The number of rotatable bonds is 10. The highest BCUT2D eigenvalue weighted by Crippen LogP contribution is 2.16. The van der Waals surface area contributed by atoms with Crippen LogP contribution in [-0.2, 0) is 11.3 Å². The average molecular weight is 571 g/mol. The molecule has 1 saturated heterocycles. The van der Waals surface area contributed by atoms with E-state index in [4.69, 9.17) is 4.74 Å². The van der Waals surface area contributed by atoms with Gasteiger partial charge in [-0.1, -0.05) is 30.3 Å². The van der Waals surface area contributed by atoms with Gasteiger partial charge >= 0.3 is 0 Å². The van der Waals surface area contributed by atoms with Gasteiger partial charge in [0, 0.05) is 55.5 Å². The molecule has 0 unspecified atom stereocenters. The van der Waals surface area contributed by atoms with Gasteiger partial charge in [-0.2, -0.15) is 0 Å². The number of non-ortho nitro benzene ring substituents is 1. The van der Waals surface area contributed by atoms with Gasteiger partial charge in [-0.15, -0.1) is 35.7 Å². The number of hydrogen-bond acceptors (Lipinski definition) is 6. The average Bonchev–Trinajstić information content (AvgIpc) is 2.81. The van der Waals surface area contributed by atoms with Crippen molar-refractivity contribution >= 4 is 47.4 Å². The van der Waals surface area contributed by atoms with Crippen molar-refractivity contribution < 1.29 is 9.66 Å². The van der Waals surface area contributed by atoms with Crippen LogP contribution in [-0.4, -0.2) is 67.5 Å². The van der Waals surface area contributed by atoms with Crippen LogP contribution < -0.4 is 10.6 Å². The van der Waals surface area contributed by atoms with Gasteiger partial charge in [-0.3, -0.25) is 15.0 Å². The fourth-order valence-corrected chi connectivity index (χ4v) is 3.87. The van der Waals surface area contributed by atoms with Crippen molar-refractivity contribution in [3.05, 3.63) is 70.3 Å². The topological polar surface area (TPSA) is 92.0 Å². The van der Waals surface area contributed by atoms with Crippen LogP contribution in [0.2, 0.25) is 0 Å². The Kier molecular flexibility index (Phi) is 12.4. The quantitative estimate of drug-likeness (QED) is 0.0860. The second-order valence-corrected chi connectivity index (χ2v) is 8.23. The Morgan fingerprint density at radius 1 is 1.06 bits per heavy atom. The molecule has 1 fully saturated rings. The minimum atomic E-state index is -0.391. The molecule has 0 aromatic heterocycles. The molecule has 0 radical (unpaired) electrons. The summed E-state index contributed by atoms with van der Waals surface area (Å²) >= 11 is 1.80. The maximum absolute atomic E-state index is 10.8. The third-order valence-corrected chi connectivity index (χ3v) is 5.81. The van der Waals surface area contributed by atoms with Crippen LogP contribution in [0.25, 0.3) is 0 Å². The third-order valence-electron chi connectivity index (χ3n) is 4.80. The van der Waals surface area contributed by atoms with Gasteiger partial charge < -0.3 is 15.4 Å². The minimum Gasteiger partial charge on any atom is -0.379 e. The molecule has 2 aromatic rings. The van der Waals surface area contributed by atoms with Crippen LogP contribution in [0.1, 0.15) is 5.56 Å². The smallest absolute Gasteiger partial charge is 0.269 e. The number of aliphatic imine (C=N–C) groups is 1. The fourth-order valence-electron chi connectivity index (χ4n) is 3.08. The molecule has 1 heterocycles. The fraction of sp³-hybridized carbons (Fsp3) is 0.409. The molecular weight excluding hydrogens is 541 g/mol. The maximum atomic E-state index is 10.8. The highest BCUT2D eigenvalue weighted by Gasteiger charge is 2.10. The van der Waals surface area contributed by atoms with Crippen LogP contribution in [0, 0.1) is 10.1 Å². The van der Waals surface area contributed by atoms with E-state index in [1.54, 1.807) is 23.9 Å². The van der Waals surface area contributed by atoms with Gasteiger partial charge in [0.1, 0.15) is 0 Å². The molecule has 2 N–H and O–H groups in total. The molecule has 1 aliphatic rings. The van der Waals surface area contributed by atoms with Crippen molar-refractivity contribution in [2.24, 2.45) is 4.99 Å². The number of nitrogens with zero attached hydrogens (tertiary/aromatic N) is 3. The molecule has 10 heteroatoms. The molecule has 0 bridgehead atoms. The van der Waals surface area contributed by atoms with E-state index in [1.807, 2.05) is 18.2 Å². The van der Waals surface area contributed by atoms with Crippen molar-refractivity contribution in [3.8, 4) is 0 Å². The number of nitro benzene ring substituents is 1. The van der Waals surface area contributed by atoms with Crippen LogP contribution in [0.5, 0.6) is 0 Å². The summed E-state index contributed by atoms with van der Waals surface area (Å²) in [7, 11) is 0. The molecule has 174 valence electrons. The van der Waals surface area contributed by atoms with E-state index < -0.39 is 4.92 Å². The predicted octanol–water partition coefficient (Wildman–Crippen LogP) is 3.37. The second kappa shape index (κ2) is 15.0. The summed E-state index contributed by atoms with van der Waals surface area (Å²) in [5.41, 5.74) is 1.02. The number of hydrogen-bond donors (Lipinski definition) is 2. The first-order chi connectivity index (χ1) is 15.2. The van der Waals surface area contributed by atoms with Crippen molar-refractivity contribution in [1.29, 1.82) is 0 Å².